The fourth-order valence-corrected chi connectivity index (χ4v) is 4.12. The van der Waals surface area contributed by atoms with Crippen molar-refractivity contribution in [2.24, 2.45) is 5.41 Å². The minimum atomic E-state index is -0.143. The number of nitrogens with zero attached hydrogens (tertiary/aromatic N) is 2. The molecule has 0 aliphatic carbocycles. The van der Waals surface area contributed by atoms with Crippen LogP contribution in [-0.4, -0.2) is 60.7 Å². The fraction of sp³-hybridized carbons (Fsp3) is 0.571. The maximum Gasteiger partial charge on any atom is 0.251 e. The number of amides is 3. The third kappa shape index (κ3) is 4.67. The third-order valence-electron chi connectivity index (χ3n) is 5.98. The molecule has 0 aromatic heterocycles. The zero-order chi connectivity index (χ0) is 19.4. The largest absolute Gasteiger partial charge is 0.352 e. The van der Waals surface area contributed by atoms with Gasteiger partial charge in [-0.05, 0) is 43.7 Å². The van der Waals surface area contributed by atoms with E-state index in [0.717, 1.165) is 44.5 Å². The number of likely N-dealkylation sites (tertiary alicyclic amines) is 2. The molecule has 0 unspecified atom stereocenters. The van der Waals surface area contributed by atoms with Crippen LogP contribution < -0.4 is 5.32 Å². The van der Waals surface area contributed by atoms with Gasteiger partial charge in [0.05, 0.1) is 0 Å². The van der Waals surface area contributed by atoms with Gasteiger partial charge in [0, 0.05) is 51.6 Å². The molecule has 3 amide bonds. The summed E-state index contributed by atoms with van der Waals surface area (Å²) in [5.41, 5.74) is 1.90. The number of carbonyl (C=O) groups excluding carboxylic acids is 3. The molecule has 2 fully saturated rings. The monoisotopic (exact) mass is 371 g/mol. The van der Waals surface area contributed by atoms with Gasteiger partial charge in [-0.3, -0.25) is 14.4 Å². The van der Waals surface area contributed by atoms with Gasteiger partial charge in [0.2, 0.25) is 11.8 Å². The van der Waals surface area contributed by atoms with Crippen LogP contribution in [0.1, 0.15) is 48.0 Å². The van der Waals surface area contributed by atoms with Crippen LogP contribution in [0.5, 0.6) is 0 Å². The summed E-state index contributed by atoms with van der Waals surface area (Å²) in [5.74, 6) is 0.174. The lowest BCUT2D eigenvalue weighted by Gasteiger charge is -2.46. The highest BCUT2D eigenvalue weighted by Gasteiger charge is 2.40. The van der Waals surface area contributed by atoms with Crippen molar-refractivity contribution in [2.75, 3.05) is 33.2 Å². The molecule has 3 rings (SSSR count). The standard InChI is InChI=1S/C21H29N3O3/c1-16-3-5-17(6-4-16)20(27)22-12-8-19(26)24-13-10-21(11-14-24)9-7-18(25)23(2)15-21/h3-6H,7-15H2,1-2H3,(H,22,27). The first-order chi connectivity index (χ1) is 12.9. The summed E-state index contributed by atoms with van der Waals surface area (Å²) in [7, 11) is 1.87. The quantitative estimate of drug-likeness (QED) is 0.880. The molecule has 2 aliphatic rings. The van der Waals surface area contributed by atoms with E-state index in [4.69, 9.17) is 0 Å². The number of carbonyl (C=O) groups is 3. The van der Waals surface area contributed by atoms with E-state index in [1.807, 2.05) is 35.9 Å². The van der Waals surface area contributed by atoms with E-state index in [0.29, 0.717) is 24.9 Å². The van der Waals surface area contributed by atoms with Gasteiger partial charge in [-0.2, -0.15) is 0 Å². The smallest absolute Gasteiger partial charge is 0.251 e. The van der Waals surface area contributed by atoms with Crippen molar-refractivity contribution in [3.8, 4) is 0 Å². The number of benzene rings is 1. The average molecular weight is 371 g/mol. The minimum Gasteiger partial charge on any atom is -0.352 e. The zero-order valence-corrected chi connectivity index (χ0v) is 16.3. The van der Waals surface area contributed by atoms with Crippen molar-refractivity contribution < 1.29 is 14.4 Å². The van der Waals surface area contributed by atoms with Crippen LogP contribution in [0.15, 0.2) is 24.3 Å². The Hall–Kier alpha value is -2.37. The lowest BCUT2D eigenvalue weighted by Crippen LogP contribution is -2.51. The third-order valence-corrected chi connectivity index (χ3v) is 5.98. The van der Waals surface area contributed by atoms with E-state index in [1.165, 1.54) is 0 Å². The normalized spacial score (nSPS) is 19.3. The second-order valence-electron chi connectivity index (χ2n) is 8.00. The van der Waals surface area contributed by atoms with Crippen LogP contribution in [0.3, 0.4) is 0 Å². The van der Waals surface area contributed by atoms with Crippen molar-refractivity contribution >= 4 is 17.7 Å². The molecule has 27 heavy (non-hydrogen) atoms. The van der Waals surface area contributed by atoms with Gasteiger partial charge in [-0.15, -0.1) is 0 Å². The first-order valence-electron chi connectivity index (χ1n) is 9.75. The van der Waals surface area contributed by atoms with Crippen LogP contribution in [0, 0.1) is 12.3 Å². The lowest BCUT2D eigenvalue weighted by molar-refractivity contribution is -0.141. The summed E-state index contributed by atoms with van der Waals surface area (Å²) < 4.78 is 0. The highest BCUT2D eigenvalue weighted by atomic mass is 16.2. The second kappa shape index (κ2) is 8.11. The highest BCUT2D eigenvalue weighted by Crippen LogP contribution is 2.39. The van der Waals surface area contributed by atoms with Gasteiger partial charge >= 0.3 is 0 Å². The number of piperidine rings is 2. The predicted molar refractivity (Wildman–Crippen MR) is 103 cm³/mol. The Morgan fingerprint density at radius 2 is 1.78 bits per heavy atom. The maximum atomic E-state index is 12.5. The molecule has 2 saturated heterocycles. The van der Waals surface area contributed by atoms with E-state index in [2.05, 4.69) is 5.32 Å². The molecular weight excluding hydrogens is 342 g/mol. The lowest BCUT2D eigenvalue weighted by atomic mass is 9.72. The van der Waals surface area contributed by atoms with Crippen LogP contribution in [0.4, 0.5) is 0 Å². The van der Waals surface area contributed by atoms with E-state index >= 15 is 0 Å². The van der Waals surface area contributed by atoms with E-state index in [-0.39, 0.29) is 23.1 Å². The van der Waals surface area contributed by atoms with Crippen LogP contribution in [0.2, 0.25) is 0 Å². The fourth-order valence-electron chi connectivity index (χ4n) is 4.12. The number of hydrogen-bond acceptors (Lipinski definition) is 3. The van der Waals surface area contributed by atoms with Gasteiger partial charge in [0.15, 0.2) is 0 Å². The zero-order valence-electron chi connectivity index (χ0n) is 16.3. The molecule has 1 aromatic carbocycles. The SMILES string of the molecule is Cc1ccc(C(=O)NCCC(=O)N2CCC3(CCC(=O)N(C)C3)CC2)cc1. The summed E-state index contributed by atoms with van der Waals surface area (Å²) in [6.45, 7) is 4.62. The molecule has 146 valence electrons. The first-order valence-corrected chi connectivity index (χ1v) is 9.75. The van der Waals surface area contributed by atoms with Crippen LogP contribution in [0.25, 0.3) is 0 Å². The number of aryl methyl sites for hydroxylation is 1. The number of nitrogens with one attached hydrogen (secondary N) is 1. The molecule has 0 radical (unpaired) electrons. The molecule has 2 aliphatic heterocycles. The summed E-state index contributed by atoms with van der Waals surface area (Å²) >= 11 is 0. The Morgan fingerprint density at radius 1 is 1.11 bits per heavy atom. The summed E-state index contributed by atoms with van der Waals surface area (Å²) in [5, 5.41) is 2.83. The van der Waals surface area contributed by atoms with E-state index in [9.17, 15) is 14.4 Å². The number of rotatable bonds is 4. The topological polar surface area (TPSA) is 69.7 Å². The Bertz CT molecular complexity index is 706. The van der Waals surface area contributed by atoms with Crippen molar-refractivity contribution in [3.05, 3.63) is 35.4 Å². The average Bonchev–Trinajstić information content (AvgIpc) is 2.66. The summed E-state index contributed by atoms with van der Waals surface area (Å²) in [6, 6.07) is 7.39. The van der Waals surface area contributed by atoms with Crippen LogP contribution >= 0.6 is 0 Å². The Balaban J connectivity index is 1.41. The van der Waals surface area contributed by atoms with E-state index < -0.39 is 0 Å². The highest BCUT2D eigenvalue weighted by molar-refractivity contribution is 5.94. The van der Waals surface area contributed by atoms with Gasteiger partial charge in [-0.25, -0.2) is 0 Å². The van der Waals surface area contributed by atoms with Crippen molar-refractivity contribution in [3.63, 3.8) is 0 Å². The van der Waals surface area contributed by atoms with Gasteiger partial charge in [0.25, 0.3) is 5.91 Å². The van der Waals surface area contributed by atoms with Gasteiger partial charge in [0.1, 0.15) is 0 Å². The second-order valence-corrected chi connectivity index (χ2v) is 8.00. The molecule has 6 heteroatoms. The van der Waals surface area contributed by atoms with Gasteiger partial charge < -0.3 is 15.1 Å². The molecule has 0 atom stereocenters. The summed E-state index contributed by atoms with van der Waals surface area (Å²) in [6.07, 6.45) is 3.78. The molecular formula is C21H29N3O3. The van der Waals surface area contributed by atoms with Crippen LogP contribution in [-0.2, 0) is 9.59 Å². The van der Waals surface area contributed by atoms with Gasteiger partial charge in [-0.1, -0.05) is 17.7 Å². The molecule has 0 saturated carbocycles. The molecule has 6 nitrogen and oxygen atoms in total. The Kier molecular flexibility index (Phi) is 5.82. The van der Waals surface area contributed by atoms with Crippen molar-refractivity contribution in [1.29, 1.82) is 0 Å². The number of hydrogen-bond donors (Lipinski definition) is 1. The minimum absolute atomic E-state index is 0.0919. The molecule has 1 N–H and O–H groups in total. The van der Waals surface area contributed by atoms with E-state index in [1.54, 1.807) is 12.1 Å². The molecule has 1 aromatic rings. The Morgan fingerprint density at radius 3 is 2.41 bits per heavy atom. The summed E-state index contributed by atoms with van der Waals surface area (Å²) in [4.78, 5) is 40.0. The molecule has 2 heterocycles. The predicted octanol–water partition coefficient (Wildman–Crippen LogP) is 1.98. The first kappa shape index (κ1) is 19.4. The maximum absolute atomic E-state index is 12.5. The molecule has 0 bridgehead atoms. The molecule has 1 spiro atoms. The Labute approximate surface area is 160 Å². The van der Waals surface area contributed by atoms with Crippen molar-refractivity contribution in [2.45, 2.75) is 39.0 Å². The van der Waals surface area contributed by atoms with Crippen molar-refractivity contribution in [1.82, 2.24) is 15.1 Å².